The highest BCUT2D eigenvalue weighted by atomic mass is 32.3. The Labute approximate surface area is 286 Å². The van der Waals surface area contributed by atoms with Gasteiger partial charge in [-0.2, -0.15) is 14.0 Å². The number of β-lactam (4-membered cyclic amide) rings is 1. The summed E-state index contributed by atoms with van der Waals surface area (Å²) in [5.41, 5.74) is 11.3. The number of amides is 1. The summed E-state index contributed by atoms with van der Waals surface area (Å²) in [6.45, 7) is 5.36. The summed E-state index contributed by atoms with van der Waals surface area (Å²) in [7, 11) is -3.29. The lowest BCUT2D eigenvalue weighted by molar-refractivity contribution is -0.753. The minimum Gasteiger partial charge on any atom is -0.724 e. The van der Waals surface area contributed by atoms with Gasteiger partial charge in [0.1, 0.15) is 18.1 Å². The minimum absolute atomic E-state index is 0.0292. The van der Waals surface area contributed by atoms with Gasteiger partial charge in [0.05, 0.1) is 29.8 Å². The van der Waals surface area contributed by atoms with Gasteiger partial charge in [0.15, 0.2) is 23.7 Å². The van der Waals surface area contributed by atoms with Crippen LogP contribution in [0.15, 0.2) is 47.2 Å². The number of nitrogen functional groups attached to an aromatic ring is 1. The highest BCUT2D eigenvalue weighted by Crippen LogP contribution is 2.40. The third-order valence-corrected chi connectivity index (χ3v) is 8.68. The first-order valence-electron chi connectivity index (χ1n) is 15.0. The number of benzene rings is 1. The van der Waals surface area contributed by atoms with Crippen molar-refractivity contribution in [1.29, 1.82) is 0 Å². The third-order valence-electron chi connectivity index (χ3n) is 7.68. The van der Waals surface area contributed by atoms with Crippen LogP contribution in [0.5, 0.6) is 5.75 Å². The molecule has 49 heavy (non-hydrogen) atoms. The summed E-state index contributed by atoms with van der Waals surface area (Å²) in [5, 5.41) is 18.7. The quantitative estimate of drug-likeness (QED) is 0.0238. The van der Waals surface area contributed by atoms with Gasteiger partial charge in [-0.3, -0.25) is 9.59 Å². The number of aryl methyl sites for hydroxylation is 2. The number of carboxylic acid groups (broad SMARTS) is 1. The molecule has 3 heterocycles. The zero-order valence-electron chi connectivity index (χ0n) is 27.0. The second-order valence-electron chi connectivity index (χ2n) is 11.6. The van der Waals surface area contributed by atoms with Gasteiger partial charge >= 0.3 is 5.97 Å². The van der Waals surface area contributed by atoms with Gasteiger partial charge in [-0.1, -0.05) is 17.3 Å². The Morgan fingerprint density at radius 2 is 1.96 bits per heavy atom. The second kappa shape index (κ2) is 15.8. The molecular weight excluding hydrogens is 684 g/mol. The molecule has 20 heteroatoms. The standard InChI is InChI=1S/C29H38N8O10S2/c1-29(2)21(26(39)37(29)47-49(42,43)44)13-23(38)25(22-17-48-28(31)33-22)34-46-24(27(40)41)16-45-20-7-5-18(6-8-20)19-14-35(3)36(15-19)12-4-10-32-11-9-30/h5-8,14-15,17,21,24,32H,4,9-13,16,30H2,1-3H3,(H3-,31,33,40,41,42,43,44)/b34-25+/t21?,24-/m0/s1. The van der Waals surface area contributed by atoms with E-state index < -0.39 is 64.4 Å². The van der Waals surface area contributed by atoms with Crippen molar-refractivity contribution in [2.45, 2.75) is 44.9 Å². The Morgan fingerprint density at radius 1 is 1.24 bits per heavy atom. The average Bonchev–Trinajstić information content (AvgIpc) is 3.64. The molecule has 18 nitrogen and oxygen atoms in total. The number of carbonyl (C=O) groups is 3. The van der Waals surface area contributed by atoms with Crippen molar-refractivity contribution >= 4 is 50.2 Å². The molecule has 4 rings (SSSR count). The smallest absolute Gasteiger partial charge is 0.351 e. The number of nitrogens with one attached hydrogen (secondary N) is 1. The van der Waals surface area contributed by atoms with Crippen molar-refractivity contribution in [3.63, 3.8) is 0 Å². The topological polar surface area (TPSA) is 258 Å². The molecule has 2 aromatic heterocycles. The number of carbonyl (C=O) groups excluding carboxylic acids is 2. The number of nitrogens with zero attached hydrogens (tertiary/aromatic N) is 5. The Morgan fingerprint density at radius 3 is 2.55 bits per heavy atom. The van der Waals surface area contributed by atoms with Crippen molar-refractivity contribution in [2.75, 3.05) is 32.0 Å². The molecule has 1 unspecified atom stereocenters. The number of thiazole rings is 1. The number of hydroxylamine groups is 2. The van der Waals surface area contributed by atoms with Crippen LogP contribution in [-0.2, 0) is 47.5 Å². The number of carboxylic acids is 1. The average molecular weight is 723 g/mol. The van der Waals surface area contributed by atoms with E-state index in [1.807, 2.05) is 36.3 Å². The molecule has 0 aliphatic carbocycles. The van der Waals surface area contributed by atoms with Gasteiger partial charge in [0, 0.05) is 24.9 Å². The van der Waals surface area contributed by atoms with Crippen LogP contribution >= 0.6 is 11.3 Å². The maximum Gasteiger partial charge on any atom is 0.351 e. The van der Waals surface area contributed by atoms with Crippen molar-refractivity contribution in [2.24, 2.45) is 23.9 Å². The summed E-state index contributed by atoms with van der Waals surface area (Å²) in [4.78, 5) is 47.2. The van der Waals surface area contributed by atoms with E-state index in [9.17, 15) is 32.5 Å². The lowest BCUT2D eigenvalue weighted by Gasteiger charge is -2.51. The molecule has 1 fully saturated rings. The number of rotatable bonds is 19. The van der Waals surface area contributed by atoms with Gasteiger partial charge in [-0.25, -0.2) is 18.2 Å². The van der Waals surface area contributed by atoms with Crippen LogP contribution in [-0.4, -0.2) is 94.1 Å². The number of ether oxygens (including phenoxy) is 1. The van der Waals surface area contributed by atoms with Crippen molar-refractivity contribution in [3.05, 3.63) is 47.7 Å². The van der Waals surface area contributed by atoms with Crippen molar-refractivity contribution in [3.8, 4) is 16.9 Å². The molecule has 0 radical (unpaired) electrons. The van der Waals surface area contributed by atoms with E-state index in [1.54, 1.807) is 12.1 Å². The summed E-state index contributed by atoms with van der Waals surface area (Å²) in [5.74, 6) is -3.88. The molecule has 1 aromatic carbocycles. The van der Waals surface area contributed by atoms with E-state index in [0.29, 0.717) is 17.4 Å². The predicted molar refractivity (Wildman–Crippen MR) is 173 cm³/mol. The first-order chi connectivity index (χ1) is 23.1. The van der Waals surface area contributed by atoms with Crippen LogP contribution in [0.25, 0.3) is 11.1 Å². The van der Waals surface area contributed by atoms with Crippen LogP contribution in [0.3, 0.4) is 0 Å². The third kappa shape index (κ3) is 9.58. The molecule has 1 aliphatic heterocycles. The summed E-state index contributed by atoms with van der Waals surface area (Å²) < 4.78 is 47.0. The molecule has 2 atom stereocenters. The summed E-state index contributed by atoms with van der Waals surface area (Å²) >= 11 is 0.983. The van der Waals surface area contributed by atoms with E-state index in [-0.39, 0.29) is 10.8 Å². The van der Waals surface area contributed by atoms with Crippen molar-refractivity contribution in [1.82, 2.24) is 20.0 Å². The second-order valence-corrected chi connectivity index (χ2v) is 13.4. The molecule has 3 aromatic rings. The van der Waals surface area contributed by atoms with Crippen molar-refractivity contribution < 1.29 is 51.0 Å². The highest BCUT2D eigenvalue weighted by Gasteiger charge is 2.57. The number of hydrogen-bond donors (Lipinski definition) is 4. The molecule has 1 saturated heterocycles. The van der Waals surface area contributed by atoms with Gasteiger partial charge < -0.3 is 36.0 Å². The monoisotopic (exact) mass is 722 g/mol. The minimum atomic E-state index is -5.24. The normalized spacial score (nSPS) is 16.7. The first-order valence-corrected chi connectivity index (χ1v) is 17.2. The Kier molecular flexibility index (Phi) is 12.1. The van der Waals surface area contributed by atoms with Crippen LogP contribution in [0.1, 0.15) is 32.4 Å². The molecular formula is C29H38N8O10S2. The SMILES string of the molecule is C[n+]1cc(-c2ccc(OC[C@H](O/N=C(/C(=O)CC3C(=O)N(OS(=O)(=O)[O-])C3(C)C)c3csc(N)n3)C(=O)O)cc2)cn1CCCNCCN. The molecule has 0 bridgehead atoms. The van der Waals surface area contributed by atoms with E-state index in [4.69, 9.17) is 21.0 Å². The van der Waals surface area contributed by atoms with Gasteiger partial charge in [-0.05, 0) is 44.5 Å². The van der Waals surface area contributed by atoms with Gasteiger partial charge in [-0.15, -0.1) is 16.0 Å². The molecule has 6 N–H and O–H groups in total. The van der Waals surface area contributed by atoms with E-state index >= 15 is 0 Å². The van der Waals surface area contributed by atoms with Crippen LogP contribution in [0.4, 0.5) is 5.13 Å². The molecule has 1 amide bonds. The lowest BCUT2D eigenvalue weighted by Crippen LogP contribution is -2.68. The van der Waals surface area contributed by atoms with Crippen LogP contribution in [0, 0.1) is 5.92 Å². The largest absolute Gasteiger partial charge is 0.724 e. The summed E-state index contributed by atoms with van der Waals surface area (Å²) in [6.07, 6.45) is 2.79. The van der Waals surface area contributed by atoms with E-state index in [2.05, 4.69) is 24.4 Å². The Balaban J connectivity index is 1.40. The zero-order valence-corrected chi connectivity index (χ0v) is 28.6. The fraction of sp³-hybridized carbons (Fsp3) is 0.448. The lowest BCUT2D eigenvalue weighted by atomic mass is 9.74. The molecule has 266 valence electrons. The van der Waals surface area contributed by atoms with Gasteiger partial charge in [0.25, 0.3) is 12.0 Å². The number of aromatic nitrogens is 3. The highest BCUT2D eigenvalue weighted by molar-refractivity contribution is 7.80. The predicted octanol–water partition coefficient (Wildman–Crippen LogP) is -0.202. The number of Topliss-reactive ketones (excluding diaryl/α,β-unsaturated/α-hetero) is 1. The fourth-order valence-electron chi connectivity index (χ4n) is 4.99. The molecule has 1 aliphatic rings. The molecule has 0 saturated carbocycles. The number of nitrogens with two attached hydrogens (primary N) is 2. The van der Waals surface area contributed by atoms with Crippen LogP contribution in [0.2, 0.25) is 0 Å². The van der Waals surface area contributed by atoms with Gasteiger partial charge in [0.2, 0.25) is 16.6 Å². The van der Waals surface area contributed by atoms with Crippen LogP contribution < -0.4 is 26.2 Å². The zero-order chi connectivity index (χ0) is 35.9. The number of hydrogen-bond acceptors (Lipinski definition) is 15. The maximum atomic E-state index is 13.3. The Hall–Kier alpha value is -4.47. The fourth-order valence-corrected chi connectivity index (χ4v) is 5.98. The number of anilines is 1. The number of aliphatic carboxylic acids is 1. The Bertz CT molecular complexity index is 1790. The van der Waals surface area contributed by atoms with E-state index in [0.717, 1.165) is 48.5 Å². The number of oxime groups is 1. The van der Waals surface area contributed by atoms with E-state index in [1.165, 1.54) is 19.2 Å². The first kappa shape index (κ1) is 37.4. The summed E-state index contributed by atoms with van der Waals surface area (Å²) in [6, 6.07) is 7.03. The molecule has 0 spiro atoms. The maximum absolute atomic E-state index is 13.3. The number of ketones is 1.